The van der Waals surface area contributed by atoms with Gasteiger partial charge in [-0.1, -0.05) is 90.1 Å². The normalized spacial score (nSPS) is 17.3. The third-order valence-electron chi connectivity index (χ3n) is 10.7. The van der Waals surface area contributed by atoms with E-state index in [4.69, 9.17) is 26.4 Å². The maximum Gasteiger partial charge on any atom is 0.320 e. The molecular formula is C46H68N12O4. The largest absolute Gasteiger partial charge is 0.463 e. The Morgan fingerprint density at radius 1 is 0.613 bits per heavy atom. The molecule has 6 N–H and O–H groups in total. The Bertz CT molecular complexity index is 2240. The number of benzene rings is 2. The maximum absolute atomic E-state index is 12.3. The molecule has 2 aromatic heterocycles. The Balaban J connectivity index is 0.000000240. The molecule has 62 heavy (non-hydrogen) atoms. The van der Waals surface area contributed by atoms with Crippen molar-refractivity contribution >= 4 is 46.5 Å². The van der Waals surface area contributed by atoms with E-state index in [1.807, 2.05) is 16.7 Å². The van der Waals surface area contributed by atoms with Gasteiger partial charge in [0.2, 0.25) is 11.8 Å². The number of amides is 2. The SMILES string of the molecule is C.C.[2H]C([2H])(CC)COc1nc(N)c2c(n1)N(Cc1ccc(CN3CCCC3)cc1)CC(=O)N2.[2H]C([2H])(CCC)Oc1nc(N)c2c(n1)N(Cc1ccc(CN3CCCC3)cc1)CC(=O)N2. The van der Waals surface area contributed by atoms with Gasteiger partial charge in [-0.15, -0.1) is 0 Å². The minimum atomic E-state index is -1.90. The number of ether oxygens (including phenoxy) is 2. The Morgan fingerprint density at radius 3 is 1.42 bits per heavy atom. The van der Waals surface area contributed by atoms with Gasteiger partial charge in [-0.2, -0.15) is 19.9 Å². The minimum Gasteiger partial charge on any atom is -0.463 e. The van der Waals surface area contributed by atoms with Crippen molar-refractivity contribution in [2.75, 3.05) is 84.3 Å². The second kappa shape index (κ2) is 22.9. The fourth-order valence-electron chi connectivity index (χ4n) is 7.59. The predicted molar refractivity (Wildman–Crippen MR) is 248 cm³/mol. The molecule has 4 aromatic rings. The monoisotopic (exact) mass is 857 g/mol. The number of aromatic nitrogens is 4. The van der Waals surface area contributed by atoms with E-state index in [0.717, 1.165) is 50.4 Å². The van der Waals surface area contributed by atoms with Gasteiger partial charge in [-0.05, 0) is 86.9 Å². The number of nitrogens with one attached hydrogen (secondary N) is 2. The van der Waals surface area contributed by atoms with E-state index < -0.39 is 12.9 Å². The van der Waals surface area contributed by atoms with Gasteiger partial charge >= 0.3 is 12.0 Å². The van der Waals surface area contributed by atoms with Crippen LogP contribution in [0.3, 0.4) is 0 Å². The second-order valence-corrected chi connectivity index (χ2v) is 15.5. The fraction of sp³-hybridized carbons (Fsp3) is 0.522. The van der Waals surface area contributed by atoms with Crippen molar-refractivity contribution in [3.8, 4) is 12.0 Å². The molecule has 2 saturated heterocycles. The standard InChI is InChI=1S/2C22H30N6O2.2CH4/c2*1-2-3-12-30-22-25-20(23)19-21(26-22)28(15-18(29)24-19)14-17-8-6-16(7-9-17)13-27-10-4-5-11-27;;/h2*6-9H,2-5,10-15H2,1H3,(H,24,29)(H2,23,25,26);2*1H4/i12D2;3D2;;. The first kappa shape index (κ1) is 41.6. The van der Waals surface area contributed by atoms with E-state index in [9.17, 15) is 9.59 Å². The van der Waals surface area contributed by atoms with Gasteiger partial charge in [0.1, 0.15) is 11.4 Å². The topological polar surface area (TPSA) is 193 Å². The number of nitrogens with two attached hydrogens (primary N) is 2. The van der Waals surface area contributed by atoms with Crippen LogP contribution in [0.2, 0.25) is 0 Å². The highest BCUT2D eigenvalue weighted by Crippen LogP contribution is 2.36. The molecule has 0 aliphatic carbocycles. The first-order chi connectivity index (χ1) is 30.7. The molecular weight excluding hydrogens is 785 g/mol. The van der Waals surface area contributed by atoms with Gasteiger partial charge in [0.05, 0.1) is 29.0 Å². The summed E-state index contributed by atoms with van der Waals surface area (Å²) in [5.41, 5.74) is 17.4. The van der Waals surface area contributed by atoms with Crippen LogP contribution in [0, 0.1) is 0 Å². The van der Waals surface area contributed by atoms with E-state index in [1.54, 1.807) is 6.92 Å². The summed E-state index contributed by atoms with van der Waals surface area (Å²) in [6, 6.07) is 16.7. The number of anilines is 6. The van der Waals surface area contributed by atoms with Crippen LogP contribution in [0.15, 0.2) is 48.5 Å². The number of rotatable bonds is 16. The first-order valence-corrected chi connectivity index (χ1v) is 21.0. The van der Waals surface area contributed by atoms with E-state index >= 15 is 0 Å². The summed E-state index contributed by atoms with van der Waals surface area (Å²) in [6.45, 7) is 9.29. The Hall–Kier alpha value is -5.74. The molecule has 4 aliphatic rings. The summed E-state index contributed by atoms with van der Waals surface area (Å²) in [6.07, 6.45) is 4.72. The average Bonchev–Trinajstić information content (AvgIpc) is 3.98. The predicted octanol–water partition coefficient (Wildman–Crippen LogP) is 6.86. The van der Waals surface area contributed by atoms with E-state index in [2.05, 4.69) is 88.9 Å². The molecule has 0 atom stereocenters. The molecule has 16 heteroatoms. The first-order valence-electron chi connectivity index (χ1n) is 23.0. The van der Waals surface area contributed by atoms with Gasteiger partial charge in [0, 0.05) is 28.9 Å². The van der Waals surface area contributed by atoms with Crippen molar-refractivity contribution in [3.05, 3.63) is 70.8 Å². The highest BCUT2D eigenvalue weighted by Gasteiger charge is 2.29. The van der Waals surface area contributed by atoms with Crippen LogP contribution in [0.4, 0.5) is 34.6 Å². The molecule has 0 saturated carbocycles. The van der Waals surface area contributed by atoms with E-state index in [0.29, 0.717) is 48.9 Å². The zero-order valence-corrected chi connectivity index (χ0v) is 34.7. The number of nitrogens with zero attached hydrogens (tertiary/aromatic N) is 8. The molecule has 0 unspecified atom stereocenters. The van der Waals surface area contributed by atoms with Gasteiger partial charge in [0.15, 0.2) is 23.3 Å². The van der Waals surface area contributed by atoms with Gasteiger partial charge < -0.3 is 41.4 Å². The summed E-state index contributed by atoms with van der Waals surface area (Å²) >= 11 is 0. The second-order valence-electron chi connectivity index (χ2n) is 15.5. The number of nitrogen functional groups attached to an aromatic ring is 2. The van der Waals surface area contributed by atoms with Crippen LogP contribution in [0.25, 0.3) is 0 Å². The number of carbonyl (C=O) groups excluding carboxylic acids is 2. The lowest BCUT2D eigenvalue weighted by atomic mass is 10.1. The fourth-order valence-corrected chi connectivity index (χ4v) is 7.59. The average molecular weight is 857 g/mol. The lowest BCUT2D eigenvalue weighted by Gasteiger charge is -2.30. The van der Waals surface area contributed by atoms with Gasteiger partial charge in [-0.3, -0.25) is 19.4 Å². The van der Waals surface area contributed by atoms with Crippen molar-refractivity contribution in [2.24, 2.45) is 0 Å². The maximum atomic E-state index is 12.3. The Labute approximate surface area is 373 Å². The number of fused-ring (bicyclic) bond motifs is 2. The van der Waals surface area contributed by atoms with Crippen molar-refractivity contribution in [1.29, 1.82) is 0 Å². The molecule has 8 rings (SSSR count). The van der Waals surface area contributed by atoms with Crippen molar-refractivity contribution < 1.29 is 24.5 Å². The minimum absolute atomic E-state index is 0. The molecule has 0 bridgehead atoms. The van der Waals surface area contributed by atoms with E-state index in [1.165, 1.54) is 36.8 Å². The van der Waals surface area contributed by atoms with Crippen LogP contribution >= 0.6 is 0 Å². The molecule has 2 fully saturated rings. The molecule has 336 valence electrons. The number of hydrogen-bond acceptors (Lipinski definition) is 14. The van der Waals surface area contributed by atoms with Crippen molar-refractivity contribution in [3.63, 3.8) is 0 Å². The van der Waals surface area contributed by atoms with Crippen LogP contribution < -0.4 is 41.4 Å². The zero-order valence-electron chi connectivity index (χ0n) is 38.7. The van der Waals surface area contributed by atoms with Crippen LogP contribution in [0.1, 0.15) is 108 Å². The molecule has 0 spiro atoms. The zero-order chi connectivity index (χ0) is 45.4. The molecule has 16 nitrogen and oxygen atoms in total. The summed E-state index contributed by atoms with van der Waals surface area (Å²) < 4.78 is 42.5. The highest BCUT2D eigenvalue weighted by molar-refractivity contribution is 6.03. The number of likely N-dealkylation sites (tertiary alicyclic amines) is 2. The third-order valence-corrected chi connectivity index (χ3v) is 10.7. The summed E-state index contributed by atoms with van der Waals surface area (Å²) in [5.74, 6) is 0.672. The van der Waals surface area contributed by atoms with E-state index in [-0.39, 0.29) is 76.4 Å². The molecule has 2 aromatic carbocycles. The van der Waals surface area contributed by atoms with Gasteiger partial charge in [-0.25, -0.2) is 0 Å². The Morgan fingerprint density at radius 2 is 1.02 bits per heavy atom. The van der Waals surface area contributed by atoms with Crippen LogP contribution in [-0.2, 0) is 35.8 Å². The van der Waals surface area contributed by atoms with Gasteiger partial charge in [0.25, 0.3) is 0 Å². The quantitative estimate of drug-likeness (QED) is 0.0914. The number of carbonyl (C=O) groups is 2. The number of hydrogen-bond donors (Lipinski definition) is 4. The summed E-state index contributed by atoms with van der Waals surface area (Å²) in [4.78, 5) is 50.0. The molecule has 6 heterocycles. The summed E-state index contributed by atoms with van der Waals surface area (Å²) in [5, 5.41) is 5.46. The third kappa shape index (κ3) is 12.7. The van der Waals surface area contributed by atoms with Crippen molar-refractivity contribution in [2.45, 2.75) is 106 Å². The lowest BCUT2D eigenvalue weighted by molar-refractivity contribution is -0.116. The molecule has 4 aliphatic heterocycles. The van der Waals surface area contributed by atoms with Crippen molar-refractivity contribution in [1.82, 2.24) is 29.7 Å². The smallest absolute Gasteiger partial charge is 0.320 e. The molecule has 2 amide bonds. The lowest BCUT2D eigenvalue weighted by Crippen LogP contribution is -2.39. The Kier molecular flexibility index (Phi) is 15.4. The molecule has 0 radical (unpaired) electrons. The summed E-state index contributed by atoms with van der Waals surface area (Å²) in [7, 11) is 0. The highest BCUT2D eigenvalue weighted by atomic mass is 16.5. The van der Waals surface area contributed by atoms with Crippen LogP contribution in [-0.4, -0.2) is 94.0 Å². The van der Waals surface area contributed by atoms with Crippen LogP contribution in [0.5, 0.6) is 12.0 Å².